The van der Waals surface area contributed by atoms with E-state index in [9.17, 15) is 5.11 Å². The SMILES string of the molecule is OC(c1ccc(Cl)c(Br)c1)c1ccc(Br)c2ccccc12. The molecular weight excluding hydrogens is 415 g/mol. The highest BCUT2D eigenvalue weighted by Gasteiger charge is 2.15. The molecule has 4 heteroatoms. The molecule has 0 fully saturated rings. The number of aliphatic hydroxyl groups is 1. The summed E-state index contributed by atoms with van der Waals surface area (Å²) in [6, 6.07) is 17.4. The molecule has 1 atom stereocenters. The monoisotopic (exact) mass is 424 g/mol. The fourth-order valence-corrected chi connectivity index (χ4v) is 3.38. The van der Waals surface area contributed by atoms with E-state index in [1.165, 1.54) is 0 Å². The molecule has 0 aliphatic carbocycles. The van der Waals surface area contributed by atoms with E-state index in [0.717, 1.165) is 30.8 Å². The van der Waals surface area contributed by atoms with E-state index in [0.29, 0.717) is 5.02 Å². The van der Waals surface area contributed by atoms with Gasteiger partial charge in [-0.05, 0) is 56.0 Å². The van der Waals surface area contributed by atoms with Gasteiger partial charge in [-0.25, -0.2) is 0 Å². The van der Waals surface area contributed by atoms with Crippen LogP contribution >= 0.6 is 43.5 Å². The number of fused-ring (bicyclic) bond motifs is 1. The largest absolute Gasteiger partial charge is 0.384 e. The van der Waals surface area contributed by atoms with E-state index < -0.39 is 6.10 Å². The van der Waals surface area contributed by atoms with Crippen LogP contribution in [0.1, 0.15) is 17.2 Å². The highest BCUT2D eigenvalue weighted by atomic mass is 79.9. The van der Waals surface area contributed by atoms with Gasteiger partial charge in [0.15, 0.2) is 0 Å². The maximum Gasteiger partial charge on any atom is 0.105 e. The van der Waals surface area contributed by atoms with Gasteiger partial charge >= 0.3 is 0 Å². The van der Waals surface area contributed by atoms with Gasteiger partial charge in [-0.2, -0.15) is 0 Å². The molecule has 0 amide bonds. The Morgan fingerprint density at radius 2 is 1.57 bits per heavy atom. The number of benzene rings is 3. The number of hydrogen-bond acceptors (Lipinski definition) is 1. The standard InChI is InChI=1S/C17H11Br2ClO/c18-14-7-6-13(11-3-1-2-4-12(11)14)17(21)10-5-8-16(20)15(19)9-10/h1-9,17,21H. The maximum atomic E-state index is 10.7. The van der Waals surface area contributed by atoms with Gasteiger partial charge in [-0.15, -0.1) is 0 Å². The lowest BCUT2D eigenvalue weighted by Crippen LogP contribution is -2.01. The van der Waals surface area contributed by atoms with Crippen molar-refractivity contribution in [3.8, 4) is 0 Å². The molecule has 0 saturated carbocycles. The van der Waals surface area contributed by atoms with E-state index in [4.69, 9.17) is 11.6 Å². The molecule has 0 aliphatic heterocycles. The zero-order valence-corrected chi connectivity index (χ0v) is 14.8. The molecule has 0 aliphatic rings. The number of halogens is 3. The van der Waals surface area contributed by atoms with Crippen molar-refractivity contribution in [2.75, 3.05) is 0 Å². The Morgan fingerprint density at radius 1 is 0.857 bits per heavy atom. The van der Waals surface area contributed by atoms with Gasteiger partial charge in [0.2, 0.25) is 0 Å². The third-order valence-corrected chi connectivity index (χ3v) is 5.36. The minimum Gasteiger partial charge on any atom is -0.384 e. The van der Waals surface area contributed by atoms with E-state index in [-0.39, 0.29) is 0 Å². The van der Waals surface area contributed by atoms with E-state index in [1.807, 2.05) is 48.5 Å². The van der Waals surface area contributed by atoms with Crippen LogP contribution in [0.3, 0.4) is 0 Å². The van der Waals surface area contributed by atoms with Crippen LogP contribution < -0.4 is 0 Å². The van der Waals surface area contributed by atoms with E-state index in [2.05, 4.69) is 31.9 Å². The van der Waals surface area contributed by atoms with Crippen molar-refractivity contribution in [2.45, 2.75) is 6.10 Å². The van der Waals surface area contributed by atoms with Crippen molar-refractivity contribution in [1.29, 1.82) is 0 Å². The minimum absolute atomic E-state index is 0.631. The molecule has 1 unspecified atom stereocenters. The summed E-state index contributed by atoms with van der Waals surface area (Å²) in [6.07, 6.45) is -0.698. The molecule has 3 aromatic rings. The third kappa shape index (κ3) is 2.88. The van der Waals surface area contributed by atoms with E-state index >= 15 is 0 Å². The molecule has 0 bridgehead atoms. The van der Waals surface area contributed by atoms with Crippen molar-refractivity contribution in [1.82, 2.24) is 0 Å². The normalized spacial score (nSPS) is 12.6. The van der Waals surface area contributed by atoms with Crippen molar-refractivity contribution in [2.24, 2.45) is 0 Å². The molecule has 0 radical (unpaired) electrons. The van der Waals surface area contributed by atoms with Crippen molar-refractivity contribution >= 4 is 54.2 Å². The molecule has 1 nitrogen and oxygen atoms in total. The fraction of sp³-hybridized carbons (Fsp3) is 0.0588. The molecule has 1 N–H and O–H groups in total. The molecule has 0 saturated heterocycles. The fourth-order valence-electron chi connectivity index (χ4n) is 2.39. The van der Waals surface area contributed by atoms with Crippen LogP contribution in [0.4, 0.5) is 0 Å². The van der Waals surface area contributed by atoms with Crippen LogP contribution in [-0.2, 0) is 0 Å². The second-order valence-electron chi connectivity index (χ2n) is 4.76. The first kappa shape index (κ1) is 15.0. The van der Waals surface area contributed by atoms with Crippen LogP contribution in [0.5, 0.6) is 0 Å². The molecule has 21 heavy (non-hydrogen) atoms. The summed E-state index contributed by atoms with van der Waals surface area (Å²) in [7, 11) is 0. The predicted octanol–water partition coefficient (Wildman–Crippen LogP) is 6.10. The summed E-state index contributed by atoms with van der Waals surface area (Å²) < 4.78 is 1.80. The number of aliphatic hydroxyl groups excluding tert-OH is 1. The van der Waals surface area contributed by atoms with Crippen LogP contribution in [0.15, 0.2) is 63.5 Å². The summed E-state index contributed by atoms with van der Waals surface area (Å²) in [5, 5.41) is 13.5. The Labute approximate surface area is 144 Å². The lowest BCUT2D eigenvalue weighted by Gasteiger charge is -2.15. The van der Waals surface area contributed by atoms with Gasteiger partial charge in [0.1, 0.15) is 6.10 Å². The Kier molecular flexibility index (Phi) is 4.36. The second-order valence-corrected chi connectivity index (χ2v) is 6.87. The van der Waals surface area contributed by atoms with Crippen molar-refractivity contribution in [3.63, 3.8) is 0 Å². The van der Waals surface area contributed by atoms with Gasteiger partial charge in [0, 0.05) is 8.95 Å². The van der Waals surface area contributed by atoms with E-state index in [1.54, 1.807) is 6.07 Å². The van der Waals surface area contributed by atoms with Crippen molar-refractivity contribution < 1.29 is 5.11 Å². The lowest BCUT2D eigenvalue weighted by molar-refractivity contribution is 0.222. The molecule has 0 spiro atoms. The van der Waals surface area contributed by atoms with Gasteiger partial charge in [-0.1, -0.05) is 63.9 Å². The van der Waals surface area contributed by atoms with Gasteiger partial charge in [0.25, 0.3) is 0 Å². The molecule has 3 rings (SSSR count). The smallest absolute Gasteiger partial charge is 0.105 e. The van der Waals surface area contributed by atoms with Crippen LogP contribution in [-0.4, -0.2) is 5.11 Å². The van der Waals surface area contributed by atoms with Crippen LogP contribution in [0, 0.1) is 0 Å². The summed E-state index contributed by atoms with van der Waals surface area (Å²) in [5.41, 5.74) is 1.68. The number of hydrogen-bond donors (Lipinski definition) is 1. The maximum absolute atomic E-state index is 10.7. The predicted molar refractivity (Wildman–Crippen MR) is 94.9 cm³/mol. The zero-order chi connectivity index (χ0) is 15.0. The van der Waals surface area contributed by atoms with Crippen LogP contribution in [0.2, 0.25) is 5.02 Å². The second kappa shape index (κ2) is 6.09. The summed E-state index contributed by atoms with van der Waals surface area (Å²) in [5.74, 6) is 0. The average Bonchev–Trinajstić information content (AvgIpc) is 2.50. The Bertz CT molecular complexity index is 817. The Morgan fingerprint density at radius 3 is 2.29 bits per heavy atom. The summed E-state index contributed by atoms with van der Waals surface area (Å²) in [4.78, 5) is 0. The first-order valence-electron chi connectivity index (χ1n) is 6.38. The topological polar surface area (TPSA) is 20.2 Å². The Balaban J connectivity index is 2.15. The molecule has 106 valence electrons. The first-order chi connectivity index (χ1) is 10.1. The number of rotatable bonds is 2. The summed E-state index contributed by atoms with van der Waals surface area (Å²) in [6.45, 7) is 0. The Hall–Kier alpha value is -0.870. The van der Waals surface area contributed by atoms with Gasteiger partial charge in [-0.3, -0.25) is 0 Å². The van der Waals surface area contributed by atoms with Crippen molar-refractivity contribution in [3.05, 3.63) is 79.7 Å². The quantitative estimate of drug-likeness (QED) is 0.525. The summed E-state index contributed by atoms with van der Waals surface area (Å²) >= 11 is 13.0. The molecular formula is C17H11Br2ClO. The molecule has 0 heterocycles. The minimum atomic E-state index is -0.698. The lowest BCUT2D eigenvalue weighted by atomic mass is 9.96. The zero-order valence-electron chi connectivity index (χ0n) is 10.9. The highest BCUT2D eigenvalue weighted by molar-refractivity contribution is 9.11. The first-order valence-corrected chi connectivity index (χ1v) is 8.34. The van der Waals surface area contributed by atoms with Crippen LogP contribution in [0.25, 0.3) is 10.8 Å². The molecule has 3 aromatic carbocycles. The molecule has 0 aromatic heterocycles. The third-order valence-electron chi connectivity index (χ3n) is 3.46. The van der Waals surface area contributed by atoms with Gasteiger partial charge < -0.3 is 5.11 Å². The highest BCUT2D eigenvalue weighted by Crippen LogP contribution is 2.34. The van der Waals surface area contributed by atoms with Gasteiger partial charge in [0.05, 0.1) is 5.02 Å². The average molecular weight is 427 g/mol.